The van der Waals surface area contributed by atoms with E-state index in [9.17, 15) is 15.0 Å². The Morgan fingerprint density at radius 1 is 1.29 bits per heavy atom. The van der Waals surface area contributed by atoms with Crippen molar-refractivity contribution in [3.63, 3.8) is 0 Å². The number of benzene rings is 1. The molecule has 132 valence electrons. The van der Waals surface area contributed by atoms with Gasteiger partial charge in [0.2, 0.25) is 5.91 Å². The maximum Gasteiger partial charge on any atom is 0.240 e. The second-order valence-corrected chi connectivity index (χ2v) is 6.89. The molecule has 1 heterocycles. The molecule has 1 aromatic carbocycles. The van der Waals surface area contributed by atoms with Crippen molar-refractivity contribution in [2.75, 3.05) is 26.3 Å². The van der Waals surface area contributed by atoms with Gasteiger partial charge in [-0.25, -0.2) is 0 Å². The number of phenols is 2. The van der Waals surface area contributed by atoms with E-state index >= 15 is 0 Å². The van der Waals surface area contributed by atoms with Crippen molar-refractivity contribution in [1.29, 1.82) is 0 Å². The van der Waals surface area contributed by atoms with Crippen LogP contribution < -0.4 is 5.32 Å². The average Bonchev–Trinajstić information content (AvgIpc) is 2.51. The molecule has 1 aromatic rings. The molecule has 1 saturated heterocycles. The number of amides is 1. The molecule has 1 saturated carbocycles. The Balaban J connectivity index is 1.61. The van der Waals surface area contributed by atoms with Crippen LogP contribution in [0.2, 0.25) is 0 Å². The van der Waals surface area contributed by atoms with Crippen LogP contribution in [0.15, 0.2) is 18.2 Å². The molecule has 1 atom stereocenters. The number of carbonyl (C=O) groups excluding carboxylic acids is 1. The molecule has 0 bridgehead atoms. The van der Waals surface area contributed by atoms with Crippen LogP contribution in [0, 0.1) is 0 Å². The predicted octanol–water partition coefficient (Wildman–Crippen LogP) is 1.40. The van der Waals surface area contributed by atoms with E-state index in [0.29, 0.717) is 19.6 Å². The number of rotatable bonds is 5. The molecule has 3 N–H and O–H groups in total. The third kappa shape index (κ3) is 3.35. The normalized spacial score (nSPS) is 21.7. The Kier molecular flexibility index (Phi) is 4.96. The van der Waals surface area contributed by atoms with Gasteiger partial charge in [-0.2, -0.15) is 0 Å². The number of hydrogen-bond donors (Lipinski definition) is 3. The van der Waals surface area contributed by atoms with Crippen molar-refractivity contribution >= 4 is 5.91 Å². The first-order chi connectivity index (χ1) is 11.5. The molecular formula is C18H26N2O4. The van der Waals surface area contributed by atoms with Crippen molar-refractivity contribution in [3.05, 3.63) is 23.8 Å². The zero-order chi connectivity index (χ0) is 17.2. The fourth-order valence-electron chi connectivity index (χ4n) is 3.65. The molecule has 2 aliphatic rings. The Morgan fingerprint density at radius 3 is 2.58 bits per heavy atom. The summed E-state index contributed by atoms with van der Waals surface area (Å²) in [5, 5.41) is 22.1. The van der Waals surface area contributed by atoms with Gasteiger partial charge in [-0.3, -0.25) is 9.69 Å². The van der Waals surface area contributed by atoms with Gasteiger partial charge >= 0.3 is 0 Å². The van der Waals surface area contributed by atoms with Crippen LogP contribution in [0.3, 0.4) is 0 Å². The molecule has 24 heavy (non-hydrogen) atoms. The highest BCUT2D eigenvalue weighted by Gasteiger charge is 2.49. The van der Waals surface area contributed by atoms with E-state index in [0.717, 1.165) is 37.9 Å². The number of carbonyl (C=O) groups is 1. The fourth-order valence-corrected chi connectivity index (χ4v) is 3.65. The molecular weight excluding hydrogens is 308 g/mol. The van der Waals surface area contributed by atoms with Gasteiger partial charge < -0.3 is 20.3 Å². The largest absolute Gasteiger partial charge is 0.504 e. The van der Waals surface area contributed by atoms with E-state index in [1.165, 1.54) is 6.07 Å². The molecule has 6 nitrogen and oxygen atoms in total. The smallest absolute Gasteiger partial charge is 0.240 e. The minimum Gasteiger partial charge on any atom is -0.504 e. The monoisotopic (exact) mass is 334 g/mol. The number of morpholine rings is 1. The van der Waals surface area contributed by atoms with E-state index in [4.69, 9.17) is 4.74 Å². The Labute approximate surface area is 142 Å². The van der Waals surface area contributed by atoms with Crippen molar-refractivity contribution in [2.24, 2.45) is 0 Å². The average molecular weight is 334 g/mol. The molecule has 2 fully saturated rings. The predicted molar refractivity (Wildman–Crippen MR) is 90.1 cm³/mol. The zero-order valence-corrected chi connectivity index (χ0v) is 14.1. The first-order valence-corrected chi connectivity index (χ1v) is 8.66. The van der Waals surface area contributed by atoms with E-state index in [1.807, 2.05) is 6.92 Å². The molecule has 0 unspecified atom stereocenters. The quantitative estimate of drug-likeness (QED) is 0.709. The van der Waals surface area contributed by atoms with Gasteiger partial charge in [0.25, 0.3) is 0 Å². The third-order valence-corrected chi connectivity index (χ3v) is 5.18. The minimum atomic E-state index is -0.366. The minimum absolute atomic E-state index is 0.0417. The van der Waals surface area contributed by atoms with Gasteiger partial charge in [0.1, 0.15) is 5.54 Å². The molecule has 3 rings (SSSR count). The lowest BCUT2D eigenvalue weighted by Crippen LogP contribution is -2.65. The first-order valence-electron chi connectivity index (χ1n) is 8.66. The van der Waals surface area contributed by atoms with Gasteiger partial charge in [0.05, 0.1) is 13.2 Å². The summed E-state index contributed by atoms with van der Waals surface area (Å²) in [5.74, 6) is -0.155. The summed E-state index contributed by atoms with van der Waals surface area (Å²) in [7, 11) is 0. The van der Waals surface area contributed by atoms with Crippen LogP contribution in [0.4, 0.5) is 0 Å². The van der Waals surface area contributed by atoms with E-state index in [1.54, 1.807) is 12.1 Å². The fraction of sp³-hybridized carbons (Fsp3) is 0.611. The maximum absolute atomic E-state index is 12.9. The summed E-state index contributed by atoms with van der Waals surface area (Å²) in [6, 6.07) is 4.73. The summed E-state index contributed by atoms with van der Waals surface area (Å²) in [4.78, 5) is 15.2. The van der Waals surface area contributed by atoms with Crippen LogP contribution >= 0.6 is 0 Å². The van der Waals surface area contributed by atoms with E-state index in [2.05, 4.69) is 10.2 Å². The highest BCUT2D eigenvalue weighted by Crippen LogP contribution is 2.38. The number of phenolic OH excluding ortho intramolecular Hbond substituents is 2. The maximum atomic E-state index is 12.9. The summed E-state index contributed by atoms with van der Waals surface area (Å²) in [5.41, 5.74) is 0.516. The zero-order valence-electron chi connectivity index (χ0n) is 14.1. The third-order valence-electron chi connectivity index (χ3n) is 5.18. The number of hydrogen-bond acceptors (Lipinski definition) is 5. The van der Waals surface area contributed by atoms with Crippen LogP contribution in [-0.4, -0.2) is 58.9 Å². The molecule has 0 radical (unpaired) electrons. The Bertz CT molecular complexity index is 595. The van der Waals surface area contributed by atoms with Gasteiger partial charge in [0, 0.05) is 19.1 Å². The van der Waals surface area contributed by atoms with Crippen molar-refractivity contribution in [1.82, 2.24) is 10.2 Å². The number of nitrogens with zero attached hydrogens (tertiary/aromatic N) is 1. The van der Waals surface area contributed by atoms with E-state index < -0.39 is 0 Å². The second-order valence-electron chi connectivity index (χ2n) is 6.89. The Hall–Kier alpha value is -1.79. The second kappa shape index (κ2) is 6.99. The highest BCUT2D eigenvalue weighted by molar-refractivity contribution is 5.87. The van der Waals surface area contributed by atoms with Crippen LogP contribution in [0.5, 0.6) is 11.5 Å². The molecule has 0 aromatic heterocycles. The number of aromatic hydroxyl groups is 2. The van der Waals surface area contributed by atoms with Gasteiger partial charge in [0.15, 0.2) is 11.5 Å². The summed E-state index contributed by atoms with van der Waals surface area (Å²) in [6.07, 6.45) is 3.51. The molecule has 1 aliphatic carbocycles. The molecule has 6 heteroatoms. The number of nitrogens with one attached hydrogen (secondary N) is 1. The number of ether oxygens (including phenoxy) is 1. The van der Waals surface area contributed by atoms with Crippen LogP contribution in [0.1, 0.15) is 31.7 Å². The summed E-state index contributed by atoms with van der Waals surface area (Å²) >= 11 is 0. The highest BCUT2D eigenvalue weighted by atomic mass is 16.5. The van der Waals surface area contributed by atoms with Gasteiger partial charge in [-0.05, 0) is 50.3 Å². The topological polar surface area (TPSA) is 82.0 Å². The van der Waals surface area contributed by atoms with E-state index in [-0.39, 0.29) is 29.0 Å². The van der Waals surface area contributed by atoms with Crippen molar-refractivity contribution in [2.45, 2.75) is 44.2 Å². The summed E-state index contributed by atoms with van der Waals surface area (Å²) < 4.78 is 5.41. The standard InChI is InChI=1S/C18H26N2O4/c1-13(11-14-3-4-15(21)16(22)12-14)19-17(23)18(5-2-6-18)20-7-9-24-10-8-20/h3-4,12-13,21-22H,2,5-11H2,1H3,(H,19,23)/t13-/m0/s1. The van der Waals surface area contributed by atoms with Crippen molar-refractivity contribution in [3.8, 4) is 11.5 Å². The molecule has 1 aliphatic heterocycles. The SMILES string of the molecule is C[C@@H](Cc1ccc(O)c(O)c1)NC(=O)C1(N2CCOCC2)CCC1. The van der Waals surface area contributed by atoms with Crippen LogP contribution in [0.25, 0.3) is 0 Å². The van der Waals surface area contributed by atoms with Crippen molar-refractivity contribution < 1.29 is 19.7 Å². The van der Waals surface area contributed by atoms with Crippen LogP contribution in [-0.2, 0) is 16.0 Å². The summed E-state index contributed by atoms with van der Waals surface area (Å²) in [6.45, 7) is 4.98. The van der Waals surface area contributed by atoms with Gasteiger partial charge in [-0.15, -0.1) is 0 Å². The lowest BCUT2D eigenvalue weighted by atomic mass is 9.74. The lowest BCUT2D eigenvalue weighted by Gasteiger charge is -2.50. The first kappa shape index (κ1) is 17.0. The Morgan fingerprint density at radius 2 is 2.00 bits per heavy atom. The van der Waals surface area contributed by atoms with Gasteiger partial charge in [-0.1, -0.05) is 6.07 Å². The molecule has 0 spiro atoms. The lowest BCUT2D eigenvalue weighted by molar-refractivity contribution is -0.145. The molecule has 1 amide bonds.